The number of pyridine rings is 1. The summed E-state index contributed by atoms with van der Waals surface area (Å²) in [6.45, 7) is 1.02. The van der Waals surface area contributed by atoms with Crippen LogP contribution in [0.25, 0.3) is 11.7 Å². The number of hydrogen-bond donors (Lipinski definition) is 2. The highest BCUT2D eigenvalue weighted by molar-refractivity contribution is 7.09. The van der Waals surface area contributed by atoms with Crippen LogP contribution in [0.1, 0.15) is 59.9 Å². The van der Waals surface area contributed by atoms with Crippen LogP contribution in [0.5, 0.6) is 0 Å². The summed E-state index contributed by atoms with van der Waals surface area (Å²) in [5, 5.41) is 22.5. The molecule has 0 radical (unpaired) electrons. The Labute approximate surface area is 201 Å². The third-order valence-electron chi connectivity index (χ3n) is 6.72. The second-order valence-electron chi connectivity index (χ2n) is 9.13. The lowest BCUT2D eigenvalue weighted by atomic mass is 9.83. The summed E-state index contributed by atoms with van der Waals surface area (Å²) < 4.78 is 1.45. The SMILES string of the molecule is O=C(O)/C=C/c1c(N2CCCC(O)C2)nc2cc(CCc3nc(C4CCC4)cs3)ccn2c1=O. The number of carbonyl (C=O) groups is 1. The molecule has 1 saturated carbocycles. The lowest BCUT2D eigenvalue weighted by Crippen LogP contribution is -2.40. The van der Waals surface area contributed by atoms with Gasteiger partial charge in [-0.3, -0.25) is 9.20 Å². The molecule has 2 N–H and O–H groups in total. The number of aliphatic hydroxyl groups excluding tert-OH is 1. The molecule has 1 aliphatic carbocycles. The lowest BCUT2D eigenvalue weighted by molar-refractivity contribution is -0.131. The molecule has 2 aliphatic rings. The Morgan fingerprint density at radius 3 is 2.79 bits per heavy atom. The molecular weight excluding hydrogens is 452 g/mol. The van der Waals surface area contributed by atoms with Crippen LogP contribution >= 0.6 is 11.3 Å². The van der Waals surface area contributed by atoms with Gasteiger partial charge >= 0.3 is 5.97 Å². The van der Waals surface area contributed by atoms with Gasteiger partial charge in [-0.2, -0.15) is 0 Å². The van der Waals surface area contributed by atoms with Crippen LogP contribution in [0.3, 0.4) is 0 Å². The van der Waals surface area contributed by atoms with Crippen molar-refractivity contribution in [1.29, 1.82) is 0 Å². The molecule has 4 heterocycles. The largest absolute Gasteiger partial charge is 0.478 e. The van der Waals surface area contributed by atoms with Gasteiger partial charge in [0.15, 0.2) is 0 Å². The molecule has 0 amide bonds. The average molecular weight is 481 g/mol. The number of fused-ring (bicyclic) bond motifs is 1. The van der Waals surface area contributed by atoms with Crippen molar-refractivity contribution in [3.8, 4) is 0 Å². The van der Waals surface area contributed by atoms with E-state index in [9.17, 15) is 14.7 Å². The molecular formula is C25H28N4O4S. The highest BCUT2D eigenvalue weighted by atomic mass is 32.1. The number of nitrogens with zero attached hydrogens (tertiary/aromatic N) is 4. The number of aliphatic hydroxyl groups is 1. The van der Waals surface area contributed by atoms with E-state index in [1.807, 2.05) is 17.0 Å². The van der Waals surface area contributed by atoms with Crippen LogP contribution in [0.4, 0.5) is 5.82 Å². The van der Waals surface area contributed by atoms with Crippen molar-refractivity contribution in [3.05, 3.63) is 62.0 Å². The van der Waals surface area contributed by atoms with E-state index in [2.05, 4.69) is 5.38 Å². The molecule has 34 heavy (non-hydrogen) atoms. The third kappa shape index (κ3) is 4.76. The maximum atomic E-state index is 13.3. The van der Waals surface area contributed by atoms with Gasteiger partial charge in [0.1, 0.15) is 11.5 Å². The number of thiazole rings is 1. The molecule has 1 aliphatic heterocycles. The molecule has 2 fully saturated rings. The van der Waals surface area contributed by atoms with Gasteiger partial charge in [-0.1, -0.05) is 6.42 Å². The molecule has 5 rings (SSSR count). The van der Waals surface area contributed by atoms with E-state index in [0.717, 1.165) is 35.9 Å². The smallest absolute Gasteiger partial charge is 0.328 e. The second-order valence-corrected chi connectivity index (χ2v) is 10.1. The first-order valence-corrected chi connectivity index (χ1v) is 12.7. The Morgan fingerprint density at radius 1 is 1.21 bits per heavy atom. The van der Waals surface area contributed by atoms with Crippen LogP contribution in [-0.4, -0.2) is 49.7 Å². The van der Waals surface area contributed by atoms with Crippen LogP contribution < -0.4 is 10.5 Å². The maximum absolute atomic E-state index is 13.3. The van der Waals surface area contributed by atoms with E-state index in [1.54, 1.807) is 17.5 Å². The van der Waals surface area contributed by atoms with Crippen LogP contribution in [0, 0.1) is 0 Å². The highest BCUT2D eigenvalue weighted by Crippen LogP contribution is 2.36. The number of β-amino-alcohol motifs (C(OH)–C–C–N with tert-alkyl or cyclic N) is 1. The number of carboxylic acids is 1. The number of aliphatic carboxylic acids is 1. The number of carboxylic acid groups (broad SMARTS) is 1. The minimum atomic E-state index is -1.13. The van der Waals surface area contributed by atoms with Crippen molar-refractivity contribution in [2.75, 3.05) is 18.0 Å². The predicted molar refractivity (Wildman–Crippen MR) is 132 cm³/mol. The van der Waals surface area contributed by atoms with Gasteiger partial charge in [0, 0.05) is 43.1 Å². The number of rotatable bonds is 7. The van der Waals surface area contributed by atoms with E-state index in [4.69, 9.17) is 15.1 Å². The van der Waals surface area contributed by atoms with Crippen molar-refractivity contribution >= 4 is 34.8 Å². The third-order valence-corrected chi connectivity index (χ3v) is 7.65. The zero-order valence-corrected chi connectivity index (χ0v) is 19.7. The average Bonchev–Trinajstić information content (AvgIpc) is 3.23. The minimum absolute atomic E-state index is 0.216. The zero-order valence-electron chi connectivity index (χ0n) is 18.9. The van der Waals surface area contributed by atoms with Crippen LogP contribution in [0.2, 0.25) is 0 Å². The Hall–Kier alpha value is -3.04. The second kappa shape index (κ2) is 9.68. The van der Waals surface area contributed by atoms with E-state index >= 15 is 0 Å². The van der Waals surface area contributed by atoms with Crippen molar-refractivity contribution in [2.24, 2.45) is 0 Å². The molecule has 3 aromatic heterocycles. The van der Waals surface area contributed by atoms with Crippen molar-refractivity contribution < 1.29 is 15.0 Å². The number of aryl methyl sites for hydroxylation is 2. The van der Waals surface area contributed by atoms with E-state index in [1.165, 1.54) is 35.4 Å². The molecule has 1 saturated heterocycles. The minimum Gasteiger partial charge on any atom is -0.478 e. The summed E-state index contributed by atoms with van der Waals surface area (Å²) in [5.41, 5.74) is 2.70. The predicted octanol–water partition coefficient (Wildman–Crippen LogP) is 3.26. The molecule has 9 heteroatoms. The van der Waals surface area contributed by atoms with Gasteiger partial charge in [0.05, 0.1) is 22.4 Å². The zero-order chi connectivity index (χ0) is 23.7. The Morgan fingerprint density at radius 2 is 2.06 bits per heavy atom. The molecule has 0 spiro atoms. The topological polar surface area (TPSA) is 108 Å². The van der Waals surface area contributed by atoms with Gasteiger partial charge in [-0.05, 0) is 55.9 Å². The molecule has 3 aromatic rings. The van der Waals surface area contributed by atoms with Gasteiger partial charge in [0.2, 0.25) is 0 Å². The van der Waals surface area contributed by atoms with Crippen molar-refractivity contribution in [1.82, 2.24) is 14.4 Å². The summed E-state index contributed by atoms with van der Waals surface area (Å²) in [7, 11) is 0. The molecule has 1 unspecified atom stereocenters. The first-order valence-electron chi connectivity index (χ1n) is 11.8. The van der Waals surface area contributed by atoms with Crippen LogP contribution in [-0.2, 0) is 17.6 Å². The maximum Gasteiger partial charge on any atom is 0.328 e. The van der Waals surface area contributed by atoms with Crippen LogP contribution in [0.15, 0.2) is 34.6 Å². The number of hydrogen-bond acceptors (Lipinski definition) is 7. The fourth-order valence-electron chi connectivity index (χ4n) is 4.61. The summed E-state index contributed by atoms with van der Waals surface area (Å²) >= 11 is 1.72. The van der Waals surface area contributed by atoms with Crippen molar-refractivity contribution in [2.45, 2.75) is 57.0 Å². The normalized spacial score (nSPS) is 19.1. The lowest BCUT2D eigenvalue weighted by Gasteiger charge is -2.32. The molecule has 0 bridgehead atoms. The molecule has 8 nitrogen and oxygen atoms in total. The molecule has 1 atom stereocenters. The van der Waals surface area contributed by atoms with E-state index < -0.39 is 12.1 Å². The van der Waals surface area contributed by atoms with E-state index in [-0.39, 0.29) is 11.1 Å². The van der Waals surface area contributed by atoms with E-state index in [0.29, 0.717) is 36.9 Å². The Bertz CT molecular complexity index is 1290. The number of piperidine rings is 1. The fourth-order valence-corrected chi connectivity index (χ4v) is 5.49. The van der Waals surface area contributed by atoms with Crippen molar-refractivity contribution in [3.63, 3.8) is 0 Å². The fraction of sp³-hybridized carbons (Fsp3) is 0.440. The monoisotopic (exact) mass is 480 g/mol. The summed E-state index contributed by atoms with van der Waals surface area (Å²) in [6.07, 6.45) is 10.4. The van der Waals surface area contributed by atoms with Gasteiger partial charge in [0.25, 0.3) is 5.56 Å². The quantitative estimate of drug-likeness (QED) is 0.500. The first-order chi connectivity index (χ1) is 16.5. The Balaban J connectivity index is 1.44. The highest BCUT2D eigenvalue weighted by Gasteiger charge is 2.24. The van der Waals surface area contributed by atoms with Gasteiger partial charge in [-0.15, -0.1) is 11.3 Å². The number of anilines is 1. The number of aromatic nitrogens is 3. The summed E-state index contributed by atoms with van der Waals surface area (Å²) in [5.74, 6) is -0.0755. The Kier molecular flexibility index (Phi) is 6.47. The summed E-state index contributed by atoms with van der Waals surface area (Å²) in [6, 6.07) is 3.82. The standard InChI is InChI=1S/C25H28N4O4S/c30-18-5-2-11-28(14-18)24-19(7-9-23(31)32)25(33)29-12-10-16(13-21(29)27-24)6-8-22-26-20(15-34-22)17-3-1-4-17/h7,9-10,12-13,15,17-18,30H,1-6,8,11,14H2,(H,31,32)/b9-7+. The first kappa shape index (κ1) is 22.7. The summed E-state index contributed by atoms with van der Waals surface area (Å²) in [4.78, 5) is 35.8. The van der Waals surface area contributed by atoms with Gasteiger partial charge in [-0.25, -0.2) is 14.8 Å². The molecule has 0 aromatic carbocycles. The molecule has 178 valence electrons. The van der Waals surface area contributed by atoms with Gasteiger partial charge < -0.3 is 15.1 Å².